The number of para-hydroxylation sites is 2. The van der Waals surface area contributed by atoms with Crippen molar-refractivity contribution in [1.82, 2.24) is 19.9 Å². The molecule has 0 N–H and O–H groups in total. The molecule has 3 heterocycles. The van der Waals surface area contributed by atoms with E-state index in [9.17, 15) is 0 Å². The largest absolute Gasteiger partial charge is 0.457 e. The lowest BCUT2D eigenvalue weighted by Crippen LogP contribution is -2.32. The van der Waals surface area contributed by atoms with Crippen molar-refractivity contribution >= 4 is 21.7 Å². The Labute approximate surface area is 370 Å². The summed E-state index contributed by atoms with van der Waals surface area (Å²) in [6, 6.07) is 76.6. The average molecular weight is 817 g/mol. The van der Waals surface area contributed by atoms with Crippen molar-refractivity contribution in [3.05, 3.63) is 241 Å². The van der Waals surface area contributed by atoms with E-state index >= 15 is 0 Å². The van der Waals surface area contributed by atoms with E-state index in [1.54, 1.807) is 0 Å². The van der Waals surface area contributed by atoms with E-state index < -0.39 is 5.41 Å². The molecule has 2 aromatic heterocycles. The minimum Gasteiger partial charge on any atom is -0.457 e. The minimum absolute atomic E-state index is 0.580. The molecule has 5 nitrogen and oxygen atoms in total. The first kappa shape index (κ1) is 36.1. The van der Waals surface area contributed by atoms with Crippen LogP contribution >= 0.6 is 0 Å². The molecule has 0 saturated heterocycles. The highest BCUT2D eigenvalue weighted by atomic mass is 16.5. The smallest absolute Gasteiger partial charge is 0.164 e. The Morgan fingerprint density at radius 1 is 0.297 bits per heavy atom. The molecule has 0 bridgehead atoms. The number of hydrogen-bond acceptors (Lipinski definition) is 5. The number of fused-ring (bicyclic) bond motifs is 12. The maximum absolute atomic E-state index is 6.99. The second-order valence-electron chi connectivity index (χ2n) is 16.5. The molecule has 0 saturated carbocycles. The Balaban J connectivity index is 1.02. The first-order valence-electron chi connectivity index (χ1n) is 21.6. The van der Waals surface area contributed by atoms with E-state index in [1.165, 1.54) is 22.3 Å². The van der Waals surface area contributed by atoms with Crippen LogP contribution < -0.4 is 4.74 Å². The number of benzene rings is 9. The molecule has 11 aromatic rings. The third-order valence-corrected chi connectivity index (χ3v) is 13.0. The summed E-state index contributed by atoms with van der Waals surface area (Å²) in [5.74, 6) is 3.47. The molecule has 0 unspecified atom stereocenters. The standard InChI is InChI=1S/C59H36N4O/c1-3-17-37(18-4-1)39-21-15-23-41(33-39)57-61-56(38-19-5-2-6-20-38)62-58(63-57)42-24-16-22-40(34-42)55-47-36-54-51(35-46(47)45-27-9-13-31-52(45)60-55)59(50-30-12-14-32-53(50)64-54)48-28-10-7-25-43(48)44-26-8-11-29-49(44)59/h1-36H. The first-order valence-corrected chi connectivity index (χ1v) is 21.6. The maximum atomic E-state index is 6.99. The summed E-state index contributed by atoms with van der Waals surface area (Å²) in [5, 5.41) is 3.20. The Morgan fingerprint density at radius 3 is 1.52 bits per heavy atom. The normalized spacial score (nSPS) is 12.9. The number of ether oxygens (including phenoxy) is 1. The predicted octanol–water partition coefficient (Wildman–Crippen LogP) is 14.4. The molecule has 0 fully saturated rings. The van der Waals surface area contributed by atoms with Gasteiger partial charge in [0.1, 0.15) is 11.5 Å². The van der Waals surface area contributed by atoms with Crippen LogP contribution in [0.1, 0.15) is 22.3 Å². The SMILES string of the molecule is c1ccc(-c2cccc(-c3nc(-c4ccccc4)nc(-c4cccc(-c5nc6ccccc6c6cc7c(cc56)Oc5ccccc5C75c6ccccc6-c6ccccc65)c4)n3)c2)cc1. The molecule has 298 valence electrons. The highest BCUT2D eigenvalue weighted by molar-refractivity contribution is 6.12. The van der Waals surface area contributed by atoms with Crippen LogP contribution in [0.5, 0.6) is 11.5 Å². The molecule has 1 aliphatic carbocycles. The van der Waals surface area contributed by atoms with Crippen molar-refractivity contribution in [1.29, 1.82) is 0 Å². The van der Waals surface area contributed by atoms with E-state index in [4.69, 9.17) is 24.7 Å². The molecule has 9 aromatic carbocycles. The topological polar surface area (TPSA) is 60.8 Å². The van der Waals surface area contributed by atoms with Crippen molar-refractivity contribution in [2.45, 2.75) is 5.41 Å². The second-order valence-corrected chi connectivity index (χ2v) is 16.5. The molecule has 5 heteroatoms. The van der Waals surface area contributed by atoms with E-state index in [2.05, 4.69) is 182 Å². The summed E-state index contributed by atoms with van der Waals surface area (Å²) in [7, 11) is 0. The van der Waals surface area contributed by atoms with Crippen LogP contribution in [0.3, 0.4) is 0 Å². The summed E-state index contributed by atoms with van der Waals surface area (Å²) < 4.78 is 6.99. The summed E-state index contributed by atoms with van der Waals surface area (Å²) in [6.45, 7) is 0. The molecule has 1 spiro atoms. The van der Waals surface area contributed by atoms with Crippen LogP contribution in [0, 0.1) is 0 Å². The van der Waals surface area contributed by atoms with Gasteiger partial charge in [0.2, 0.25) is 0 Å². The van der Waals surface area contributed by atoms with Crippen LogP contribution in [0.25, 0.3) is 89.4 Å². The van der Waals surface area contributed by atoms with Crippen molar-refractivity contribution in [3.8, 4) is 79.2 Å². The predicted molar refractivity (Wildman–Crippen MR) is 257 cm³/mol. The van der Waals surface area contributed by atoms with Crippen LogP contribution in [0.15, 0.2) is 218 Å². The monoisotopic (exact) mass is 816 g/mol. The summed E-state index contributed by atoms with van der Waals surface area (Å²) in [5.41, 5.74) is 14.4. The minimum atomic E-state index is -0.580. The van der Waals surface area contributed by atoms with Crippen LogP contribution in [-0.4, -0.2) is 19.9 Å². The van der Waals surface area contributed by atoms with Gasteiger partial charge >= 0.3 is 0 Å². The molecular formula is C59H36N4O. The van der Waals surface area contributed by atoms with Crippen molar-refractivity contribution < 1.29 is 4.74 Å². The van der Waals surface area contributed by atoms with Gasteiger partial charge in [-0.25, -0.2) is 19.9 Å². The van der Waals surface area contributed by atoms with Gasteiger partial charge in [-0.2, -0.15) is 0 Å². The fraction of sp³-hybridized carbons (Fsp3) is 0.0169. The Hall–Kier alpha value is -8.54. The van der Waals surface area contributed by atoms with Gasteiger partial charge < -0.3 is 4.74 Å². The first-order chi connectivity index (χ1) is 31.7. The summed E-state index contributed by atoms with van der Waals surface area (Å²) in [4.78, 5) is 20.8. The number of nitrogens with zero attached hydrogens (tertiary/aromatic N) is 4. The van der Waals surface area contributed by atoms with Gasteiger partial charge in [0.05, 0.1) is 16.6 Å². The van der Waals surface area contributed by atoms with Gasteiger partial charge in [-0.05, 0) is 75.2 Å². The number of hydrogen-bond donors (Lipinski definition) is 0. The summed E-state index contributed by atoms with van der Waals surface area (Å²) >= 11 is 0. The molecule has 0 atom stereocenters. The third-order valence-electron chi connectivity index (χ3n) is 13.0. The lowest BCUT2D eigenvalue weighted by Gasteiger charge is -2.39. The fourth-order valence-corrected chi connectivity index (χ4v) is 10.1. The number of pyridine rings is 1. The molecule has 64 heavy (non-hydrogen) atoms. The summed E-state index contributed by atoms with van der Waals surface area (Å²) in [6.07, 6.45) is 0. The van der Waals surface area contributed by atoms with Crippen LogP contribution in [0.4, 0.5) is 0 Å². The van der Waals surface area contributed by atoms with Crippen molar-refractivity contribution in [2.75, 3.05) is 0 Å². The van der Waals surface area contributed by atoms with Gasteiger partial charge in [0, 0.05) is 44.2 Å². The third kappa shape index (κ3) is 5.51. The van der Waals surface area contributed by atoms with E-state index in [-0.39, 0.29) is 0 Å². The lowest BCUT2D eigenvalue weighted by atomic mass is 9.65. The average Bonchev–Trinajstić information content (AvgIpc) is 3.66. The van der Waals surface area contributed by atoms with Crippen LogP contribution in [0.2, 0.25) is 0 Å². The molecule has 1 aliphatic heterocycles. The zero-order valence-corrected chi connectivity index (χ0v) is 34.5. The van der Waals surface area contributed by atoms with Gasteiger partial charge in [-0.15, -0.1) is 0 Å². The Bertz CT molecular complexity index is 3610. The van der Waals surface area contributed by atoms with Crippen molar-refractivity contribution in [2.24, 2.45) is 0 Å². The highest BCUT2D eigenvalue weighted by Crippen LogP contribution is 2.62. The Morgan fingerprint density at radius 2 is 0.812 bits per heavy atom. The highest BCUT2D eigenvalue weighted by Gasteiger charge is 2.51. The van der Waals surface area contributed by atoms with Gasteiger partial charge in [0.25, 0.3) is 0 Å². The van der Waals surface area contributed by atoms with Gasteiger partial charge in [0.15, 0.2) is 17.5 Å². The second kappa shape index (κ2) is 14.3. The quantitative estimate of drug-likeness (QED) is 0.162. The van der Waals surface area contributed by atoms with Crippen LogP contribution in [-0.2, 0) is 5.41 Å². The molecule has 0 amide bonds. The molecule has 0 radical (unpaired) electrons. The van der Waals surface area contributed by atoms with E-state index in [0.717, 1.165) is 83.4 Å². The van der Waals surface area contributed by atoms with Gasteiger partial charge in [-0.1, -0.05) is 182 Å². The molecule has 2 aliphatic rings. The number of rotatable bonds is 5. The van der Waals surface area contributed by atoms with Crippen molar-refractivity contribution in [3.63, 3.8) is 0 Å². The lowest BCUT2D eigenvalue weighted by molar-refractivity contribution is 0.437. The Kier molecular flexibility index (Phi) is 8.06. The maximum Gasteiger partial charge on any atom is 0.164 e. The zero-order chi connectivity index (χ0) is 42.2. The zero-order valence-electron chi connectivity index (χ0n) is 34.5. The molecule has 13 rings (SSSR count). The number of aromatic nitrogens is 4. The van der Waals surface area contributed by atoms with E-state index in [1.807, 2.05) is 36.4 Å². The van der Waals surface area contributed by atoms with Gasteiger partial charge in [-0.3, -0.25) is 0 Å². The fourth-order valence-electron chi connectivity index (χ4n) is 10.1. The molecular weight excluding hydrogens is 781 g/mol. The van der Waals surface area contributed by atoms with E-state index in [0.29, 0.717) is 17.5 Å².